The third kappa shape index (κ3) is 3.40. The second-order valence-electron chi connectivity index (χ2n) is 5.65. The van der Waals surface area contributed by atoms with Crippen LogP contribution in [0.1, 0.15) is 11.5 Å². The lowest BCUT2D eigenvalue weighted by Crippen LogP contribution is -2.32. The van der Waals surface area contributed by atoms with Gasteiger partial charge in [-0.2, -0.15) is 0 Å². The Morgan fingerprint density at radius 3 is 2.23 bits per heavy atom. The van der Waals surface area contributed by atoms with Crippen LogP contribution in [0.4, 0.5) is 11.4 Å². The molecule has 0 aromatic heterocycles. The summed E-state index contributed by atoms with van der Waals surface area (Å²) < 4.78 is 0. The maximum Gasteiger partial charge on any atom is 0.269 e. The molecule has 2 aromatic carbocycles. The number of hydrogen-bond donors (Lipinski definition) is 2. The van der Waals surface area contributed by atoms with E-state index < -0.39 is 34.5 Å². The zero-order valence-corrected chi connectivity index (χ0v) is 13.9. The quantitative estimate of drug-likeness (QED) is 0.369. The number of nitro groups is 1. The monoisotopic (exact) mass is 373 g/mol. The summed E-state index contributed by atoms with van der Waals surface area (Å²) in [5.41, 5.74) is 0.616. The number of non-ortho nitro benzene ring substituents is 1. The van der Waals surface area contributed by atoms with Crippen molar-refractivity contribution < 1.29 is 19.3 Å². The molecular weight excluding hydrogens is 362 g/mol. The molecule has 2 N–H and O–H groups in total. The van der Waals surface area contributed by atoms with Gasteiger partial charge in [0.05, 0.1) is 10.8 Å². The lowest BCUT2D eigenvalue weighted by atomic mass is 9.87. The molecule has 3 rings (SSSR count). The third-order valence-electron chi connectivity index (χ3n) is 4.00. The van der Waals surface area contributed by atoms with Crippen molar-refractivity contribution in [1.29, 1.82) is 0 Å². The molecule has 0 saturated carbocycles. The van der Waals surface area contributed by atoms with Gasteiger partial charge < -0.3 is 5.32 Å². The highest BCUT2D eigenvalue weighted by Crippen LogP contribution is 2.32. The van der Waals surface area contributed by atoms with E-state index in [-0.39, 0.29) is 5.69 Å². The van der Waals surface area contributed by atoms with Crippen molar-refractivity contribution in [2.45, 2.75) is 5.92 Å². The fraction of sp³-hybridized carbons (Fsp3) is 0.118. The molecule has 1 aliphatic heterocycles. The van der Waals surface area contributed by atoms with E-state index in [2.05, 4.69) is 10.6 Å². The Labute approximate surface area is 152 Å². The van der Waals surface area contributed by atoms with Crippen molar-refractivity contribution in [3.8, 4) is 0 Å². The Balaban J connectivity index is 1.86. The molecule has 3 amide bonds. The van der Waals surface area contributed by atoms with Gasteiger partial charge in [-0.25, -0.2) is 0 Å². The molecule has 0 bridgehead atoms. The Hall–Kier alpha value is -3.26. The zero-order valence-electron chi connectivity index (χ0n) is 13.1. The summed E-state index contributed by atoms with van der Waals surface area (Å²) in [5, 5.41) is 15.9. The number of rotatable bonds is 4. The molecule has 8 nitrogen and oxygen atoms in total. The first-order chi connectivity index (χ1) is 12.4. The number of hydrogen-bond acceptors (Lipinski definition) is 5. The molecule has 1 saturated heterocycles. The summed E-state index contributed by atoms with van der Waals surface area (Å²) in [5.74, 6) is -4.33. The van der Waals surface area contributed by atoms with Gasteiger partial charge in [0.15, 0.2) is 0 Å². The molecule has 0 spiro atoms. The standard InChI is InChI=1S/C17H12ClN3O5/c18-10-3-5-11(6-4-10)19-16(23)14-13(15(22)20-17(14)24)9-1-7-12(8-2-9)21(25)26/h1-8,13-14H,(H,19,23)(H,20,22,24). The Morgan fingerprint density at radius 2 is 1.65 bits per heavy atom. The third-order valence-corrected chi connectivity index (χ3v) is 4.25. The zero-order chi connectivity index (χ0) is 18.8. The average Bonchev–Trinajstić information content (AvgIpc) is 2.91. The highest BCUT2D eigenvalue weighted by Gasteiger charge is 2.47. The van der Waals surface area contributed by atoms with Gasteiger partial charge in [-0.3, -0.25) is 29.8 Å². The lowest BCUT2D eigenvalue weighted by molar-refractivity contribution is -0.384. The van der Waals surface area contributed by atoms with Gasteiger partial charge in [0.25, 0.3) is 5.69 Å². The van der Waals surface area contributed by atoms with E-state index in [1.54, 1.807) is 24.3 Å². The first-order valence-electron chi connectivity index (χ1n) is 7.52. The maximum atomic E-state index is 12.5. The van der Waals surface area contributed by atoms with E-state index in [9.17, 15) is 24.5 Å². The van der Waals surface area contributed by atoms with Gasteiger partial charge in [-0.15, -0.1) is 0 Å². The highest BCUT2D eigenvalue weighted by atomic mass is 35.5. The number of anilines is 1. The molecule has 1 fully saturated rings. The summed E-state index contributed by atoms with van der Waals surface area (Å²) in [4.78, 5) is 47.0. The van der Waals surface area contributed by atoms with Gasteiger partial charge in [-0.1, -0.05) is 23.7 Å². The number of carbonyl (C=O) groups excluding carboxylic acids is 3. The molecule has 2 aromatic rings. The number of carbonyl (C=O) groups is 3. The predicted octanol–water partition coefficient (Wildman–Crippen LogP) is 2.24. The van der Waals surface area contributed by atoms with E-state index in [1.807, 2.05) is 0 Å². The molecule has 0 radical (unpaired) electrons. The molecule has 9 heteroatoms. The van der Waals surface area contributed by atoms with Crippen molar-refractivity contribution in [2.75, 3.05) is 5.32 Å². The lowest BCUT2D eigenvalue weighted by Gasteiger charge is -2.15. The molecule has 1 aliphatic rings. The van der Waals surface area contributed by atoms with Crippen LogP contribution in [0.2, 0.25) is 5.02 Å². The normalized spacial score (nSPS) is 19.1. The molecule has 2 unspecified atom stereocenters. The van der Waals surface area contributed by atoms with Gasteiger partial charge in [-0.05, 0) is 29.8 Å². The smallest absolute Gasteiger partial charge is 0.269 e. The van der Waals surface area contributed by atoms with Gasteiger partial charge in [0, 0.05) is 22.8 Å². The minimum Gasteiger partial charge on any atom is -0.325 e. The second-order valence-corrected chi connectivity index (χ2v) is 6.09. The summed E-state index contributed by atoms with van der Waals surface area (Å²) in [6.07, 6.45) is 0. The van der Waals surface area contributed by atoms with Crippen LogP contribution in [0.25, 0.3) is 0 Å². The first kappa shape index (κ1) is 17.6. The van der Waals surface area contributed by atoms with Crippen LogP contribution < -0.4 is 10.6 Å². The van der Waals surface area contributed by atoms with Gasteiger partial charge >= 0.3 is 0 Å². The SMILES string of the molecule is O=C1NC(=O)C(c2ccc([N+](=O)[O-])cc2)C1C(=O)Nc1ccc(Cl)cc1. The Morgan fingerprint density at radius 1 is 1.04 bits per heavy atom. The molecule has 2 atom stereocenters. The van der Waals surface area contributed by atoms with E-state index in [1.165, 1.54) is 24.3 Å². The van der Waals surface area contributed by atoms with Crippen LogP contribution in [0.5, 0.6) is 0 Å². The van der Waals surface area contributed by atoms with Gasteiger partial charge in [0.1, 0.15) is 5.92 Å². The highest BCUT2D eigenvalue weighted by molar-refractivity contribution is 6.30. The Bertz CT molecular complexity index is 896. The van der Waals surface area contributed by atoms with Crippen LogP contribution in [0.3, 0.4) is 0 Å². The average molecular weight is 374 g/mol. The van der Waals surface area contributed by atoms with Crippen molar-refractivity contribution in [3.63, 3.8) is 0 Å². The summed E-state index contributed by atoms with van der Waals surface area (Å²) in [6, 6.07) is 11.5. The molecule has 26 heavy (non-hydrogen) atoms. The number of imide groups is 1. The Kier molecular flexibility index (Phi) is 4.68. The van der Waals surface area contributed by atoms with Crippen molar-refractivity contribution in [1.82, 2.24) is 5.32 Å². The largest absolute Gasteiger partial charge is 0.325 e. The van der Waals surface area contributed by atoms with Crippen LogP contribution in [0, 0.1) is 16.0 Å². The van der Waals surface area contributed by atoms with E-state index in [0.717, 1.165) is 0 Å². The first-order valence-corrected chi connectivity index (χ1v) is 7.90. The van der Waals surface area contributed by atoms with Crippen LogP contribution in [-0.2, 0) is 14.4 Å². The van der Waals surface area contributed by atoms with E-state index in [4.69, 9.17) is 11.6 Å². The fourth-order valence-electron chi connectivity index (χ4n) is 2.75. The minimum absolute atomic E-state index is 0.152. The molecular formula is C17H12ClN3O5. The number of halogens is 1. The van der Waals surface area contributed by atoms with Crippen LogP contribution >= 0.6 is 11.6 Å². The van der Waals surface area contributed by atoms with Crippen molar-refractivity contribution >= 4 is 40.7 Å². The number of nitrogens with zero attached hydrogens (tertiary/aromatic N) is 1. The predicted molar refractivity (Wildman–Crippen MR) is 92.6 cm³/mol. The molecule has 132 valence electrons. The van der Waals surface area contributed by atoms with Crippen molar-refractivity contribution in [3.05, 3.63) is 69.2 Å². The number of amides is 3. The van der Waals surface area contributed by atoms with E-state index >= 15 is 0 Å². The number of benzene rings is 2. The summed E-state index contributed by atoms with van der Waals surface area (Å²) in [6.45, 7) is 0. The molecule has 0 aliphatic carbocycles. The van der Waals surface area contributed by atoms with E-state index in [0.29, 0.717) is 16.3 Å². The maximum absolute atomic E-state index is 12.5. The van der Waals surface area contributed by atoms with Crippen LogP contribution in [-0.4, -0.2) is 22.6 Å². The number of nitrogens with one attached hydrogen (secondary N) is 2. The van der Waals surface area contributed by atoms with Gasteiger partial charge in [0.2, 0.25) is 17.7 Å². The van der Waals surface area contributed by atoms with Crippen LogP contribution in [0.15, 0.2) is 48.5 Å². The summed E-state index contributed by atoms with van der Waals surface area (Å²) >= 11 is 5.79. The molecule has 1 heterocycles. The second kappa shape index (κ2) is 6.93. The minimum atomic E-state index is -1.28. The number of nitro benzene ring substituents is 1. The topological polar surface area (TPSA) is 118 Å². The van der Waals surface area contributed by atoms with Crippen molar-refractivity contribution in [2.24, 2.45) is 5.92 Å². The fourth-order valence-corrected chi connectivity index (χ4v) is 2.88. The summed E-state index contributed by atoms with van der Waals surface area (Å²) in [7, 11) is 0.